The lowest BCUT2D eigenvalue weighted by Crippen LogP contribution is -2.41. The van der Waals surface area contributed by atoms with E-state index in [2.05, 4.69) is 28.0 Å². The quantitative estimate of drug-likeness (QED) is 0.799. The summed E-state index contributed by atoms with van der Waals surface area (Å²) in [5, 5.41) is 3.33. The SMILES string of the molecule is CC1CCC(n2cncc2C2CNC2)C1. The minimum Gasteiger partial charge on any atom is -0.331 e. The molecule has 3 rings (SSSR count). The molecule has 1 aromatic heterocycles. The van der Waals surface area contributed by atoms with Crippen molar-refractivity contribution >= 4 is 0 Å². The molecule has 0 radical (unpaired) electrons. The van der Waals surface area contributed by atoms with Gasteiger partial charge in [-0.2, -0.15) is 0 Å². The van der Waals surface area contributed by atoms with E-state index < -0.39 is 0 Å². The standard InChI is InChI=1S/C12H19N3/c1-9-2-3-11(4-9)15-8-14-7-12(15)10-5-13-6-10/h7-11,13H,2-6H2,1H3. The Morgan fingerprint density at radius 3 is 2.87 bits per heavy atom. The number of aromatic nitrogens is 2. The number of rotatable bonds is 2. The fourth-order valence-corrected chi connectivity index (χ4v) is 2.86. The topological polar surface area (TPSA) is 29.9 Å². The summed E-state index contributed by atoms with van der Waals surface area (Å²) in [7, 11) is 0. The van der Waals surface area contributed by atoms with Crippen molar-refractivity contribution in [2.75, 3.05) is 13.1 Å². The first-order chi connectivity index (χ1) is 7.34. The summed E-state index contributed by atoms with van der Waals surface area (Å²) in [6.45, 7) is 4.63. The highest BCUT2D eigenvalue weighted by molar-refractivity contribution is 5.13. The molecule has 2 atom stereocenters. The number of nitrogens with zero attached hydrogens (tertiary/aromatic N) is 2. The van der Waals surface area contributed by atoms with Crippen molar-refractivity contribution < 1.29 is 0 Å². The lowest BCUT2D eigenvalue weighted by molar-refractivity contribution is 0.398. The van der Waals surface area contributed by atoms with Crippen LogP contribution >= 0.6 is 0 Å². The first kappa shape index (κ1) is 9.40. The predicted molar refractivity (Wildman–Crippen MR) is 59.9 cm³/mol. The van der Waals surface area contributed by atoms with Crippen LogP contribution < -0.4 is 5.32 Å². The maximum Gasteiger partial charge on any atom is 0.0950 e. The fourth-order valence-electron chi connectivity index (χ4n) is 2.86. The number of imidazole rings is 1. The number of hydrogen-bond donors (Lipinski definition) is 1. The second kappa shape index (κ2) is 3.63. The highest BCUT2D eigenvalue weighted by Gasteiger charge is 2.28. The Balaban J connectivity index is 1.81. The van der Waals surface area contributed by atoms with E-state index in [0.717, 1.165) is 25.0 Å². The summed E-state index contributed by atoms with van der Waals surface area (Å²) in [6.07, 6.45) is 8.16. The molecule has 1 N–H and O–H groups in total. The molecule has 1 aliphatic heterocycles. The van der Waals surface area contributed by atoms with Gasteiger partial charge in [0.1, 0.15) is 0 Å². The van der Waals surface area contributed by atoms with Crippen LogP contribution in [-0.4, -0.2) is 22.6 Å². The van der Waals surface area contributed by atoms with Gasteiger partial charge in [0.15, 0.2) is 0 Å². The molecular weight excluding hydrogens is 186 g/mol. The summed E-state index contributed by atoms with van der Waals surface area (Å²) in [5.41, 5.74) is 1.45. The van der Waals surface area contributed by atoms with Gasteiger partial charge in [0, 0.05) is 36.9 Å². The van der Waals surface area contributed by atoms with Gasteiger partial charge in [0.2, 0.25) is 0 Å². The average Bonchev–Trinajstić information content (AvgIpc) is 2.70. The van der Waals surface area contributed by atoms with E-state index in [1.165, 1.54) is 25.0 Å². The molecule has 1 saturated carbocycles. The van der Waals surface area contributed by atoms with Crippen molar-refractivity contribution in [2.24, 2.45) is 5.92 Å². The molecule has 3 nitrogen and oxygen atoms in total. The van der Waals surface area contributed by atoms with Crippen LogP contribution in [0.4, 0.5) is 0 Å². The zero-order valence-electron chi connectivity index (χ0n) is 9.32. The van der Waals surface area contributed by atoms with E-state index in [1.807, 2.05) is 6.33 Å². The van der Waals surface area contributed by atoms with E-state index in [1.54, 1.807) is 0 Å². The zero-order chi connectivity index (χ0) is 10.3. The second-order valence-electron chi connectivity index (χ2n) is 5.15. The van der Waals surface area contributed by atoms with Crippen molar-refractivity contribution in [1.82, 2.24) is 14.9 Å². The number of nitrogens with one attached hydrogen (secondary N) is 1. The number of hydrogen-bond acceptors (Lipinski definition) is 2. The molecule has 2 heterocycles. The first-order valence-corrected chi connectivity index (χ1v) is 6.07. The Labute approximate surface area is 90.9 Å². The molecular formula is C12H19N3. The Kier molecular flexibility index (Phi) is 2.28. The van der Waals surface area contributed by atoms with Crippen molar-refractivity contribution in [3.05, 3.63) is 18.2 Å². The summed E-state index contributed by atoms with van der Waals surface area (Å²) in [6, 6.07) is 0.720. The Bertz CT molecular complexity index is 340. The molecule has 1 aliphatic carbocycles. The first-order valence-electron chi connectivity index (χ1n) is 6.07. The molecule has 0 amide bonds. The minimum absolute atomic E-state index is 0.711. The normalized spacial score (nSPS) is 31.8. The molecule has 82 valence electrons. The van der Waals surface area contributed by atoms with Crippen LogP contribution in [0, 0.1) is 5.92 Å². The summed E-state index contributed by atoms with van der Waals surface area (Å²) in [5.74, 6) is 1.60. The lowest BCUT2D eigenvalue weighted by Gasteiger charge is -2.29. The van der Waals surface area contributed by atoms with Crippen LogP contribution in [0.2, 0.25) is 0 Å². The molecule has 1 saturated heterocycles. The van der Waals surface area contributed by atoms with Crippen LogP contribution in [0.1, 0.15) is 43.8 Å². The van der Waals surface area contributed by atoms with Gasteiger partial charge in [-0.3, -0.25) is 0 Å². The Morgan fingerprint density at radius 1 is 1.40 bits per heavy atom. The molecule has 2 fully saturated rings. The average molecular weight is 205 g/mol. The molecule has 2 aliphatic rings. The van der Waals surface area contributed by atoms with Crippen LogP contribution in [0.5, 0.6) is 0 Å². The Hall–Kier alpha value is -0.830. The van der Waals surface area contributed by atoms with Crippen molar-refractivity contribution in [2.45, 2.75) is 38.1 Å². The van der Waals surface area contributed by atoms with Gasteiger partial charge in [-0.25, -0.2) is 4.98 Å². The lowest BCUT2D eigenvalue weighted by atomic mass is 9.99. The van der Waals surface area contributed by atoms with Crippen LogP contribution in [0.3, 0.4) is 0 Å². The molecule has 1 aromatic rings. The van der Waals surface area contributed by atoms with Crippen LogP contribution in [0.15, 0.2) is 12.5 Å². The van der Waals surface area contributed by atoms with Crippen LogP contribution in [-0.2, 0) is 0 Å². The van der Waals surface area contributed by atoms with Crippen molar-refractivity contribution in [3.8, 4) is 0 Å². The minimum atomic E-state index is 0.711. The molecule has 2 unspecified atom stereocenters. The molecule has 3 heteroatoms. The monoisotopic (exact) mass is 205 g/mol. The third kappa shape index (κ3) is 1.59. The molecule has 0 spiro atoms. The van der Waals surface area contributed by atoms with Gasteiger partial charge in [-0.05, 0) is 25.2 Å². The van der Waals surface area contributed by atoms with E-state index in [0.29, 0.717) is 5.92 Å². The van der Waals surface area contributed by atoms with E-state index in [4.69, 9.17) is 0 Å². The highest BCUT2D eigenvalue weighted by Crippen LogP contribution is 2.36. The highest BCUT2D eigenvalue weighted by atomic mass is 15.1. The summed E-state index contributed by atoms with van der Waals surface area (Å²) < 4.78 is 2.44. The third-order valence-electron chi connectivity index (χ3n) is 3.96. The van der Waals surface area contributed by atoms with E-state index in [-0.39, 0.29) is 0 Å². The maximum atomic E-state index is 4.33. The molecule has 0 aromatic carbocycles. The van der Waals surface area contributed by atoms with Gasteiger partial charge in [0.25, 0.3) is 0 Å². The maximum absolute atomic E-state index is 4.33. The van der Waals surface area contributed by atoms with Gasteiger partial charge in [-0.15, -0.1) is 0 Å². The van der Waals surface area contributed by atoms with E-state index in [9.17, 15) is 0 Å². The van der Waals surface area contributed by atoms with Crippen LogP contribution in [0.25, 0.3) is 0 Å². The van der Waals surface area contributed by atoms with Gasteiger partial charge >= 0.3 is 0 Å². The van der Waals surface area contributed by atoms with E-state index >= 15 is 0 Å². The Morgan fingerprint density at radius 2 is 2.27 bits per heavy atom. The summed E-state index contributed by atoms with van der Waals surface area (Å²) in [4.78, 5) is 4.33. The second-order valence-corrected chi connectivity index (χ2v) is 5.15. The van der Waals surface area contributed by atoms with Crippen molar-refractivity contribution in [3.63, 3.8) is 0 Å². The molecule has 0 bridgehead atoms. The van der Waals surface area contributed by atoms with Gasteiger partial charge < -0.3 is 9.88 Å². The molecule has 15 heavy (non-hydrogen) atoms. The predicted octanol–water partition coefficient (Wildman–Crippen LogP) is 1.93. The summed E-state index contributed by atoms with van der Waals surface area (Å²) >= 11 is 0. The largest absolute Gasteiger partial charge is 0.331 e. The third-order valence-corrected chi connectivity index (χ3v) is 3.96. The van der Waals surface area contributed by atoms with Gasteiger partial charge in [-0.1, -0.05) is 6.92 Å². The van der Waals surface area contributed by atoms with Crippen molar-refractivity contribution in [1.29, 1.82) is 0 Å². The smallest absolute Gasteiger partial charge is 0.0950 e. The zero-order valence-corrected chi connectivity index (χ0v) is 9.32. The van der Waals surface area contributed by atoms with Gasteiger partial charge in [0.05, 0.1) is 6.33 Å². The fraction of sp³-hybridized carbons (Fsp3) is 0.750.